The predicted octanol–water partition coefficient (Wildman–Crippen LogP) is -0.00900. The number of nitrogens with zero attached hydrogens (tertiary/aromatic N) is 4. The number of anilines is 2. The van der Waals surface area contributed by atoms with Gasteiger partial charge in [0.25, 0.3) is 0 Å². The fourth-order valence-corrected chi connectivity index (χ4v) is 8.01. The first-order valence-electron chi connectivity index (χ1n) is 13.0. The fraction of sp³-hybridized carbons (Fsp3) is 0.182. The molecule has 286 valence electrons. The number of sulfone groups is 2. The molecule has 0 atom stereocenters. The van der Waals surface area contributed by atoms with Gasteiger partial charge in [-0.1, -0.05) is 0 Å². The summed E-state index contributed by atoms with van der Waals surface area (Å²) in [6.07, 6.45) is 0. The Bertz CT molecular complexity index is 2610. The van der Waals surface area contributed by atoms with Crippen LogP contribution in [-0.2, 0) is 69.1 Å². The lowest BCUT2D eigenvalue weighted by molar-refractivity contribution is 0.274. The highest BCUT2D eigenvalue weighted by atomic mass is 32.3. The average molecular weight is 849 g/mol. The number of benzene rings is 3. The Morgan fingerprint density at radius 2 is 0.981 bits per heavy atom. The Morgan fingerprint density at radius 3 is 1.46 bits per heavy atom. The summed E-state index contributed by atoms with van der Waals surface area (Å²) in [5.41, 5.74) is 7.89. The van der Waals surface area contributed by atoms with Crippen molar-refractivity contribution in [1.82, 2.24) is 0 Å². The molecule has 0 amide bonds. The van der Waals surface area contributed by atoms with Crippen LogP contribution in [0.15, 0.2) is 88.6 Å². The minimum Gasteiger partial charge on any atom is -0.744 e. The maximum Gasteiger partial charge on any atom is 0.217 e. The van der Waals surface area contributed by atoms with Gasteiger partial charge in [0.15, 0.2) is 19.7 Å². The summed E-state index contributed by atoms with van der Waals surface area (Å²) < 4.78 is 192. The van der Waals surface area contributed by atoms with Crippen molar-refractivity contribution in [2.45, 2.75) is 19.6 Å². The Morgan fingerprint density at radius 1 is 0.519 bits per heavy atom. The molecule has 4 N–H and O–H groups in total. The number of nitrogens with two attached hydrogens (primary N) is 2. The van der Waals surface area contributed by atoms with Gasteiger partial charge in [0.1, 0.15) is 37.3 Å². The molecule has 0 fully saturated rings. The minimum absolute atomic E-state index is 0.128. The van der Waals surface area contributed by atoms with E-state index in [1.165, 1.54) is 0 Å². The Hall–Kier alpha value is -4.08. The molecule has 24 nitrogen and oxygen atoms in total. The molecule has 0 aliphatic carbocycles. The van der Waals surface area contributed by atoms with Crippen LogP contribution in [0, 0.1) is 0 Å². The summed E-state index contributed by atoms with van der Waals surface area (Å²) in [6.45, 7) is -2.12. The van der Waals surface area contributed by atoms with Gasteiger partial charge in [0, 0.05) is 0 Å². The highest BCUT2D eigenvalue weighted by molar-refractivity contribution is 7.92. The van der Waals surface area contributed by atoms with E-state index in [1.807, 2.05) is 0 Å². The summed E-state index contributed by atoms with van der Waals surface area (Å²) in [4.78, 5) is -3.69. The van der Waals surface area contributed by atoms with Crippen molar-refractivity contribution in [3.63, 3.8) is 0 Å². The molecule has 52 heavy (non-hydrogen) atoms. The quantitative estimate of drug-likeness (QED) is 0.0828. The number of rotatable bonds is 16. The third kappa shape index (κ3) is 11.7. The van der Waals surface area contributed by atoms with Crippen molar-refractivity contribution in [3.8, 4) is 0 Å². The van der Waals surface area contributed by atoms with Crippen LogP contribution in [-0.4, -0.2) is 93.4 Å². The summed E-state index contributed by atoms with van der Waals surface area (Å²) >= 11 is 0. The average Bonchev–Trinajstić information content (AvgIpc) is 2.98. The summed E-state index contributed by atoms with van der Waals surface area (Å²) in [5.74, 6) is -2.04. The minimum atomic E-state index is -5.54. The van der Waals surface area contributed by atoms with Gasteiger partial charge < -0.3 is 29.7 Å². The van der Waals surface area contributed by atoms with Gasteiger partial charge >= 0.3 is 0 Å². The van der Waals surface area contributed by atoms with E-state index in [9.17, 15) is 68.7 Å². The first kappa shape index (κ1) is 42.3. The van der Waals surface area contributed by atoms with Gasteiger partial charge in [-0.25, -0.2) is 50.5 Å². The van der Waals surface area contributed by atoms with Crippen LogP contribution < -0.4 is 11.5 Å². The van der Waals surface area contributed by atoms with E-state index in [4.69, 9.17) is 11.5 Å². The molecule has 0 saturated carbocycles. The standard InChI is InChI=1S/C22H24N6O18S6/c23-20-17(27-26-16-6-5-15(11-18(16)49(33,34)35)48(31,32)10-8-46-52(42,43)44)12-19(50(36,37)38)21(24)22(20)28-25-13-1-3-14(4-2-13)47(29,30)9-7-45-51(39,40)41/h1-6,11-12H,7-10,23-24H2,(H,33,34,35)(H,36,37,38)(H,39,40,41)(H,42,43,44)/p-4. The molecule has 0 aliphatic heterocycles. The van der Waals surface area contributed by atoms with Crippen molar-refractivity contribution in [2.24, 2.45) is 20.5 Å². The first-order chi connectivity index (χ1) is 23.6. The predicted molar refractivity (Wildman–Crippen MR) is 168 cm³/mol. The lowest BCUT2D eigenvalue weighted by atomic mass is 10.2. The van der Waals surface area contributed by atoms with Gasteiger partial charge in [0.2, 0.25) is 20.8 Å². The molecule has 0 heterocycles. The first-order valence-corrected chi connectivity index (χ1v) is 21.8. The van der Waals surface area contributed by atoms with E-state index >= 15 is 0 Å². The SMILES string of the molecule is Nc1c(N=Nc2ccc(S(=O)(=O)CCOS(=O)(=O)[O-])cc2S(=O)(=O)[O-])cc(S(=O)(=O)[O-])c(N)c1N=Nc1ccc(S(=O)(=O)CCOS(=O)(=O)[O-])cc1. The molecule has 30 heteroatoms. The van der Waals surface area contributed by atoms with E-state index in [0.29, 0.717) is 24.3 Å². The highest BCUT2D eigenvalue weighted by Gasteiger charge is 2.22. The molecular formula is C22H20N6O18S6-4. The fourth-order valence-electron chi connectivity index (χ4n) is 3.69. The van der Waals surface area contributed by atoms with E-state index in [0.717, 1.165) is 24.3 Å². The monoisotopic (exact) mass is 848 g/mol. The summed E-state index contributed by atoms with van der Waals surface area (Å²) in [7, 11) is -30.1. The van der Waals surface area contributed by atoms with Crippen LogP contribution in [0.5, 0.6) is 0 Å². The topological polar surface area (TPSA) is 417 Å². The number of hydrogen-bond donors (Lipinski definition) is 2. The number of hydrogen-bond acceptors (Lipinski definition) is 24. The second kappa shape index (κ2) is 15.5. The molecule has 3 rings (SSSR count). The molecule has 0 spiro atoms. The smallest absolute Gasteiger partial charge is 0.217 e. The normalized spacial score (nSPS) is 13.6. The maximum atomic E-state index is 12.5. The Kier molecular flexibility index (Phi) is 12.6. The molecule has 0 unspecified atom stereocenters. The number of nitrogen functional groups attached to an aromatic ring is 2. The van der Waals surface area contributed by atoms with E-state index in [2.05, 4.69) is 28.8 Å². The van der Waals surface area contributed by atoms with Crippen LogP contribution >= 0.6 is 0 Å². The highest BCUT2D eigenvalue weighted by Crippen LogP contribution is 2.43. The molecule has 0 radical (unpaired) electrons. The van der Waals surface area contributed by atoms with Crippen LogP contribution in [0.3, 0.4) is 0 Å². The van der Waals surface area contributed by atoms with Gasteiger partial charge in [-0.3, -0.25) is 8.37 Å². The van der Waals surface area contributed by atoms with Crippen molar-refractivity contribution < 1.29 is 77.1 Å². The molecule has 0 bridgehead atoms. The van der Waals surface area contributed by atoms with Crippen molar-refractivity contribution >= 4 is 94.8 Å². The van der Waals surface area contributed by atoms with Crippen LogP contribution in [0.4, 0.5) is 34.1 Å². The van der Waals surface area contributed by atoms with Gasteiger partial charge in [0.05, 0.1) is 61.4 Å². The molecule has 0 saturated heterocycles. The molecule has 0 aliphatic rings. The van der Waals surface area contributed by atoms with Crippen LogP contribution in [0.2, 0.25) is 0 Å². The maximum absolute atomic E-state index is 12.5. The summed E-state index contributed by atoms with van der Waals surface area (Å²) in [5, 5.41) is 14.5. The van der Waals surface area contributed by atoms with E-state index < -0.39 is 129 Å². The zero-order valence-electron chi connectivity index (χ0n) is 25.2. The van der Waals surface area contributed by atoms with E-state index in [1.54, 1.807) is 0 Å². The van der Waals surface area contributed by atoms with Crippen molar-refractivity contribution in [3.05, 3.63) is 48.5 Å². The third-order valence-electron chi connectivity index (χ3n) is 6.03. The van der Waals surface area contributed by atoms with Crippen LogP contribution in [0.1, 0.15) is 0 Å². The van der Waals surface area contributed by atoms with Crippen molar-refractivity contribution in [2.75, 3.05) is 36.2 Å². The number of azo groups is 2. The molecule has 3 aromatic carbocycles. The lowest BCUT2D eigenvalue weighted by Gasteiger charge is -2.15. The zero-order chi connectivity index (χ0) is 39.5. The lowest BCUT2D eigenvalue weighted by Crippen LogP contribution is -2.16. The second-order valence-corrected chi connectivity index (χ2v) is 18.6. The molecule has 3 aromatic rings. The van der Waals surface area contributed by atoms with Gasteiger partial charge in [-0.15, -0.1) is 15.3 Å². The van der Waals surface area contributed by atoms with Gasteiger partial charge in [-0.05, 0) is 48.5 Å². The molecular weight excluding hydrogens is 829 g/mol. The van der Waals surface area contributed by atoms with E-state index in [-0.39, 0.29) is 10.6 Å². The third-order valence-corrected chi connectivity index (χ3v) is 12.1. The Labute approximate surface area is 295 Å². The zero-order valence-corrected chi connectivity index (χ0v) is 30.1. The second-order valence-electron chi connectivity index (χ2n) is 9.60. The largest absolute Gasteiger partial charge is 0.744 e. The van der Waals surface area contributed by atoms with Crippen molar-refractivity contribution in [1.29, 1.82) is 0 Å². The Balaban J connectivity index is 2.03. The molecule has 0 aromatic heterocycles. The summed E-state index contributed by atoms with van der Waals surface area (Å²) in [6, 6.07) is 6.32. The van der Waals surface area contributed by atoms with Gasteiger partial charge in [-0.2, -0.15) is 5.11 Å². The van der Waals surface area contributed by atoms with Crippen LogP contribution in [0.25, 0.3) is 0 Å².